The van der Waals surface area contributed by atoms with Crippen LogP contribution in [-0.4, -0.2) is 19.7 Å². The van der Waals surface area contributed by atoms with E-state index in [-0.39, 0.29) is 5.56 Å². The summed E-state index contributed by atoms with van der Waals surface area (Å²) >= 11 is 0. The molecule has 7 heteroatoms. The van der Waals surface area contributed by atoms with E-state index in [1.807, 2.05) is 50.4 Å². The van der Waals surface area contributed by atoms with Crippen molar-refractivity contribution in [1.29, 1.82) is 0 Å². The molecule has 3 heterocycles. The van der Waals surface area contributed by atoms with Crippen molar-refractivity contribution in [3.05, 3.63) is 64.0 Å². The van der Waals surface area contributed by atoms with Crippen molar-refractivity contribution in [3.63, 3.8) is 0 Å². The molecule has 0 amide bonds. The van der Waals surface area contributed by atoms with Gasteiger partial charge in [0.15, 0.2) is 0 Å². The Morgan fingerprint density at radius 2 is 1.84 bits per heavy atom. The van der Waals surface area contributed by atoms with Crippen LogP contribution in [0.2, 0.25) is 0 Å². The van der Waals surface area contributed by atoms with Crippen LogP contribution in [0, 0.1) is 13.8 Å². The second-order valence-corrected chi connectivity index (χ2v) is 8.74. The van der Waals surface area contributed by atoms with E-state index in [1.54, 1.807) is 11.6 Å². The van der Waals surface area contributed by atoms with E-state index >= 15 is 0 Å². The molecule has 1 aromatic carbocycles. The summed E-state index contributed by atoms with van der Waals surface area (Å²) in [5, 5.41) is 12.6. The highest BCUT2D eigenvalue weighted by Gasteiger charge is 2.21. The van der Waals surface area contributed by atoms with Gasteiger partial charge in [0, 0.05) is 41.5 Å². The summed E-state index contributed by atoms with van der Waals surface area (Å²) in [4.78, 5) is 17.6. The number of anilines is 2. The SMILES string of the molecule is Cc1cc2c(cn1)cc(-c1cc(Nc3nnc(C4CCCCC4)o3)ccc1C)c(=O)n2C. The molecule has 1 N–H and O–H groups in total. The summed E-state index contributed by atoms with van der Waals surface area (Å²) in [5.74, 6) is 1.07. The van der Waals surface area contributed by atoms with E-state index in [1.165, 1.54) is 19.3 Å². The minimum atomic E-state index is -0.0410. The van der Waals surface area contributed by atoms with E-state index in [0.29, 0.717) is 23.4 Å². The minimum Gasteiger partial charge on any atom is -0.408 e. The molecule has 164 valence electrons. The van der Waals surface area contributed by atoms with Gasteiger partial charge in [0.05, 0.1) is 5.52 Å². The van der Waals surface area contributed by atoms with E-state index in [0.717, 1.165) is 46.3 Å². The zero-order valence-electron chi connectivity index (χ0n) is 18.7. The summed E-state index contributed by atoms with van der Waals surface area (Å²) in [7, 11) is 1.80. The quantitative estimate of drug-likeness (QED) is 0.468. The molecule has 1 aliphatic rings. The van der Waals surface area contributed by atoms with Crippen molar-refractivity contribution in [2.24, 2.45) is 7.05 Å². The fraction of sp³-hybridized carbons (Fsp3) is 0.360. The largest absolute Gasteiger partial charge is 0.408 e. The van der Waals surface area contributed by atoms with Gasteiger partial charge in [-0.3, -0.25) is 9.78 Å². The van der Waals surface area contributed by atoms with Gasteiger partial charge in [-0.25, -0.2) is 0 Å². The number of nitrogens with zero attached hydrogens (tertiary/aromatic N) is 4. The van der Waals surface area contributed by atoms with Crippen LogP contribution in [0.15, 0.2) is 45.7 Å². The fourth-order valence-corrected chi connectivity index (χ4v) is 4.57. The predicted molar refractivity (Wildman–Crippen MR) is 125 cm³/mol. The molecule has 0 aliphatic heterocycles. The first-order valence-electron chi connectivity index (χ1n) is 11.2. The third-order valence-electron chi connectivity index (χ3n) is 6.42. The first kappa shape index (κ1) is 20.4. The second-order valence-electron chi connectivity index (χ2n) is 8.74. The first-order chi connectivity index (χ1) is 15.5. The molecular formula is C25H27N5O2. The third kappa shape index (κ3) is 3.79. The molecule has 0 unspecified atom stereocenters. The molecule has 4 aromatic rings. The highest BCUT2D eigenvalue weighted by atomic mass is 16.4. The van der Waals surface area contributed by atoms with Crippen LogP contribution in [0.1, 0.15) is 55.2 Å². The lowest BCUT2D eigenvalue weighted by molar-refractivity contribution is 0.368. The second kappa shape index (κ2) is 8.22. The molecule has 0 atom stereocenters. The molecule has 0 bridgehead atoms. The van der Waals surface area contributed by atoms with Crippen LogP contribution in [0.4, 0.5) is 11.7 Å². The molecule has 1 aliphatic carbocycles. The zero-order valence-corrected chi connectivity index (χ0v) is 18.7. The summed E-state index contributed by atoms with van der Waals surface area (Å²) in [6.45, 7) is 3.93. The van der Waals surface area contributed by atoms with Gasteiger partial charge in [0.1, 0.15) is 0 Å². The number of fused-ring (bicyclic) bond motifs is 1. The number of aryl methyl sites for hydroxylation is 3. The summed E-state index contributed by atoms with van der Waals surface area (Å²) in [5.41, 5.74) is 5.04. The van der Waals surface area contributed by atoms with Crippen molar-refractivity contribution >= 4 is 22.6 Å². The Kier molecular flexibility index (Phi) is 5.25. The Balaban J connectivity index is 1.48. The standard InChI is InChI=1S/C25H27N5O2/c1-15-9-10-19(27-25-29-28-23(32-25)17-7-5-4-6-8-17)13-20(15)21-12-18-14-26-16(2)11-22(18)30(3)24(21)31/h9-14,17H,4-8H2,1-3H3,(H,27,29). The Morgan fingerprint density at radius 3 is 2.66 bits per heavy atom. The van der Waals surface area contributed by atoms with Crippen molar-refractivity contribution in [2.45, 2.75) is 51.9 Å². The van der Waals surface area contributed by atoms with Crippen LogP contribution < -0.4 is 10.9 Å². The first-order valence-corrected chi connectivity index (χ1v) is 11.2. The molecule has 3 aromatic heterocycles. The van der Waals surface area contributed by atoms with Crippen molar-refractivity contribution < 1.29 is 4.42 Å². The molecule has 7 nitrogen and oxygen atoms in total. The van der Waals surface area contributed by atoms with Gasteiger partial charge < -0.3 is 14.3 Å². The smallest absolute Gasteiger partial charge is 0.320 e. The topological polar surface area (TPSA) is 85.8 Å². The predicted octanol–water partition coefficient (Wildman–Crippen LogP) is 5.39. The van der Waals surface area contributed by atoms with Crippen molar-refractivity contribution in [1.82, 2.24) is 19.7 Å². The van der Waals surface area contributed by atoms with E-state index in [9.17, 15) is 4.79 Å². The number of hydrogen-bond acceptors (Lipinski definition) is 6. The maximum absolute atomic E-state index is 13.2. The normalized spacial score (nSPS) is 14.7. The van der Waals surface area contributed by atoms with E-state index < -0.39 is 0 Å². The lowest BCUT2D eigenvalue weighted by Crippen LogP contribution is -2.19. The molecule has 5 rings (SSSR count). The van der Waals surface area contributed by atoms with E-state index in [2.05, 4.69) is 20.5 Å². The van der Waals surface area contributed by atoms with Gasteiger partial charge in [-0.15, -0.1) is 5.10 Å². The monoisotopic (exact) mass is 429 g/mol. The van der Waals surface area contributed by atoms with Gasteiger partial charge in [0.2, 0.25) is 5.89 Å². The maximum atomic E-state index is 13.2. The summed E-state index contributed by atoms with van der Waals surface area (Å²) < 4.78 is 7.59. The number of hydrogen-bond donors (Lipinski definition) is 1. The molecule has 1 fully saturated rings. The van der Waals surface area contributed by atoms with Gasteiger partial charge in [-0.1, -0.05) is 30.4 Å². The number of pyridine rings is 2. The molecule has 32 heavy (non-hydrogen) atoms. The van der Waals surface area contributed by atoms with Crippen LogP contribution in [0.3, 0.4) is 0 Å². The molecular weight excluding hydrogens is 402 g/mol. The Labute approximate surface area is 186 Å². The molecule has 0 spiro atoms. The van der Waals surface area contributed by atoms with Gasteiger partial charge in [-0.05, 0) is 62.1 Å². The van der Waals surface area contributed by atoms with Crippen LogP contribution in [0.5, 0.6) is 0 Å². The molecule has 1 saturated carbocycles. The van der Waals surface area contributed by atoms with Crippen LogP contribution in [-0.2, 0) is 7.05 Å². The highest BCUT2D eigenvalue weighted by molar-refractivity contribution is 5.85. The Bertz CT molecular complexity index is 1350. The van der Waals surface area contributed by atoms with Crippen molar-refractivity contribution in [3.8, 4) is 11.1 Å². The number of rotatable bonds is 4. The molecule has 0 saturated heterocycles. The highest BCUT2D eigenvalue weighted by Crippen LogP contribution is 2.33. The number of nitrogens with one attached hydrogen (secondary N) is 1. The maximum Gasteiger partial charge on any atom is 0.320 e. The third-order valence-corrected chi connectivity index (χ3v) is 6.42. The Hall–Kier alpha value is -3.48. The zero-order chi connectivity index (χ0) is 22.2. The van der Waals surface area contributed by atoms with Gasteiger partial charge in [0.25, 0.3) is 5.56 Å². The lowest BCUT2D eigenvalue weighted by atomic mass is 9.89. The minimum absolute atomic E-state index is 0.0410. The van der Waals surface area contributed by atoms with Gasteiger partial charge >= 0.3 is 6.01 Å². The molecule has 0 radical (unpaired) electrons. The van der Waals surface area contributed by atoms with Gasteiger partial charge in [-0.2, -0.15) is 0 Å². The van der Waals surface area contributed by atoms with Crippen LogP contribution in [0.25, 0.3) is 22.0 Å². The Morgan fingerprint density at radius 1 is 1.03 bits per heavy atom. The van der Waals surface area contributed by atoms with Crippen molar-refractivity contribution in [2.75, 3.05) is 5.32 Å². The number of aromatic nitrogens is 4. The average Bonchev–Trinajstić information content (AvgIpc) is 3.27. The lowest BCUT2D eigenvalue weighted by Gasteiger charge is -2.17. The van der Waals surface area contributed by atoms with E-state index in [4.69, 9.17) is 4.42 Å². The average molecular weight is 430 g/mol. The fourth-order valence-electron chi connectivity index (χ4n) is 4.57. The summed E-state index contributed by atoms with van der Waals surface area (Å²) in [6, 6.07) is 10.2. The number of benzene rings is 1. The summed E-state index contributed by atoms with van der Waals surface area (Å²) in [6.07, 6.45) is 7.74. The van der Waals surface area contributed by atoms with Crippen LogP contribution >= 0.6 is 0 Å².